The highest BCUT2D eigenvalue weighted by Crippen LogP contribution is 2.25. The molecule has 1 aliphatic rings. The summed E-state index contributed by atoms with van der Waals surface area (Å²) in [7, 11) is 0. The highest BCUT2D eigenvalue weighted by molar-refractivity contribution is 6.01. The van der Waals surface area contributed by atoms with Crippen LogP contribution in [0.4, 0.5) is 5.82 Å². The highest BCUT2D eigenvalue weighted by Gasteiger charge is 2.41. The summed E-state index contributed by atoms with van der Waals surface area (Å²) >= 11 is 0. The number of nitrogens with zero attached hydrogens (tertiary/aromatic N) is 6. The first-order valence-corrected chi connectivity index (χ1v) is 8.67. The number of hydrazone groups is 1. The molecule has 0 bridgehead atoms. The van der Waals surface area contributed by atoms with Gasteiger partial charge in [-0.25, -0.2) is 19.7 Å². The minimum Gasteiger partial charge on any atom is -0.464 e. The summed E-state index contributed by atoms with van der Waals surface area (Å²) in [5.41, 5.74) is 3.84. The van der Waals surface area contributed by atoms with E-state index in [2.05, 4.69) is 44.2 Å². The van der Waals surface area contributed by atoms with Gasteiger partial charge in [0.1, 0.15) is 12.7 Å². The second kappa shape index (κ2) is 7.11. The summed E-state index contributed by atoms with van der Waals surface area (Å²) in [6.07, 6.45) is 6.58. The maximum atomic E-state index is 12.3. The van der Waals surface area contributed by atoms with Crippen LogP contribution in [-0.4, -0.2) is 56.9 Å². The fraction of sp³-hybridized carbons (Fsp3) is 0.471. The van der Waals surface area contributed by atoms with E-state index in [4.69, 9.17) is 4.74 Å². The van der Waals surface area contributed by atoms with Gasteiger partial charge in [0.25, 0.3) is 0 Å². The van der Waals surface area contributed by atoms with Crippen molar-refractivity contribution in [3.8, 4) is 0 Å². The Labute approximate surface area is 151 Å². The summed E-state index contributed by atoms with van der Waals surface area (Å²) in [5, 5.41) is 4.04. The Hall–Kier alpha value is -2.97. The van der Waals surface area contributed by atoms with Crippen molar-refractivity contribution in [2.75, 3.05) is 24.6 Å². The van der Waals surface area contributed by atoms with Crippen molar-refractivity contribution >= 4 is 35.4 Å². The topological polar surface area (TPSA) is 97.5 Å². The van der Waals surface area contributed by atoms with E-state index in [0.29, 0.717) is 23.3 Å². The van der Waals surface area contributed by atoms with Gasteiger partial charge in [-0.1, -0.05) is 0 Å². The van der Waals surface area contributed by atoms with Crippen LogP contribution in [0.5, 0.6) is 0 Å². The molecular weight excluding hydrogens is 334 g/mol. The molecule has 9 nitrogen and oxygen atoms in total. The number of hydrogen-bond acceptors (Lipinski definition) is 8. The fourth-order valence-corrected chi connectivity index (χ4v) is 2.86. The third-order valence-corrected chi connectivity index (χ3v) is 4.43. The molecule has 0 radical (unpaired) electrons. The van der Waals surface area contributed by atoms with Gasteiger partial charge in [0, 0.05) is 24.9 Å². The van der Waals surface area contributed by atoms with E-state index < -0.39 is 5.54 Å². The number of esters is 1. The van der Waals surface area contributed by atoms with Crippen LogP contribution in [0.1, 0.15) is 27.7 Å². The molecule has 138 valence electrons. The monoisotopic (exact) mass is 357 g/mol. The van der Waals surface area contributed by atoms with E-state index >= 15 is 0 Å². The molecule has 0 aliphatic carbocycles. The first-order chi connectivity index (χ1) is 12.5. The fourth-order valence-electron chi connectivity index (χ4n) is 2.86. The maximum absolute atomic E-state index is 12.3. The van der Waals surface area contributed by atoms with Crippen molar-refractivity contribution in [2.45, 2.75) is 33.2 Å². The number of carbonyl (C=O) groups excluding carboxylic acids is 1. The Morgan fingerprint density at radius 1 is 1.31 bits per heavy atom. The zero-order valence-electron chi connectivity index (χ0n) is 15.4. The normalized spacial score (nSPS) is 20.5. The molecule has 26 heavy (non-hydrogen) atoms. The van der Waals surface area contributed by atoms with E-state index in [1.807, 2.05) is 0 Å². The number of nitrogens with one attached hydrogen (secondary N) is 1. The Morgan fingerprint density at radius 2 is 2.08 bits per heavy atom. The molecule has 2 aromatic heterocycles. The number of hydrogen-bond donors (Lipinski definition) is 1. The molecule has 0 saturated carbocycles. The van der Waals surface area contributed by atoms with Crippen molar-refractivity contribution < 1.29 is 9.53 Å². The van der Waals surface area contributed by atoms with Crippen LogP contribution >= 0.6 is 0 Å². The molecule has 1 N–H and O–H groups in total. The SMILES string of the molecule is CCOC(=O)C1(C)NN=C/C1=C\n1cnc2c(N(CC)CC)ncnc21. The average molecular weight is 357 g/mol. The largest absolute Gasteiger partial charge is 0.464 e. The molecule has 0 spiro atoms. The van der Waals surface area contributed by atoms with Crippen molar-refractivity contribution in [3.63, 3.8) is 0 Å². The predicted molar refractivity (Wildman–Crippen MR) is 99.8 cm³/mol. The van der Waals surface area contributed by atoms with Crippen LogP contribution in [0.2, 0.25) is 0 Å². The summed E-state index contributed by atoms with van der Waals surface area (Å²) in [6.45, 7) is 9.61. The van der Waals surface area contributed by atoms with E-state index in [-0.39, 0.29) is 5.97 Å². The molecule has 3 heterocycles. The molecule has 3 rings (SSSR count). The van der Waals surface area contributed by atoms with Gasteiger partial charge in [-0.3, -0.25) is 9.99 Å². The Bertz CT molecular complexity index is 869. The minimum atomic E-state index is -1.04. The lowest BCUT2D eigenvalue weighted by Crippen LogP contribution is -2.46. The van der Waals surface area contributed by atoms with Crippen molar-refractivity contribution in [2.24, 2.45) is 5.10 Å². The summed E-state index contributed by atoms with van der Waals surface area (Å²) < 4.78 is 6.94. The number of imidazole rings is 1. The molecular formula is C17H23N7O2. The Kier molecular flexibility index (Phi) is 4.88. The second-order valence-corrected chi connectivity index (χ2v) is 5.99. The summed E-state index contributed by atoms with van der Waals surface area (Å²) in [5.74, 6) is 0.412. The van der Waals surface area contributed by atoms with E-state index in [1.165, 1.54) is 6.33 Å². The van der Waals surface area contributed by atoms with Crippen LogP contribution in [0.15, 0.2) is 23.3 Å². The number of carbonyl (C=O) groups is 1. The van der Waals surface area contributed by atoms with Gasteiger partial charge in [0.15, 0.2) is 22.5 Å². The second-order valence-electron chi connectivity index (χ2n) is 5.99. The van der Waals surface area contributed by atoms with Crippen molar-refractivity contribution in [1.29, 1.82) is 0 Å². The third kappa shape index (κ3) is 2.89. The average Bonchev–Trinajstić information content (AvgIpc) is 3.22. The number of ether oxygens (including phenoxy) is 1. The summed E-state index contributed by atoms with van der Waals surface area (Å²) in [4.78, 5) is 27.7. The Balaban J connectivity index is 2.04. The van der Waals surface area contributed by atoms with Crippen LogP contribution in [-0.2, 0) is 9.53 Å². The zero-order valence-corrected chi connectivity index (χ0v) is 15.4. The van der Waals surface area contributed by atoms with Gasteiger partial charge in [-0.15, -0.1) is 0 Å². The van der Waals surface area contributed by atoms with Crippen LogP contribution in [0, 0.1) is 0 Å². The lowest BCUT2D eigenvalue weighted by molar-refractivity contribution is -0.148. The molecule has 1 aliphatic heterocycles. The molecule has 0 amide bonds. The number of aromatic nitrogens is 4. The van der Waals surface area contributed by atoms with Crippen molar-refractivity contribution in [3.05, 3.63) is 18.2 Å². The minimum absolute atomic E-state index is 0.303. The van der Waals surface area contributed by atoms with Crippen LogP contribution in [0.3, 0.4) is 0 Å². The summed E-state index contributed by atoms with van der Waals surface area (Å²) in [6, 6.07) is 0. The van der Waals surface area contributed by atoms with Gasteiger partial charge in [-0.05, 0) is 27.7 Å². The van der Waals surface area contributed by atoms with E-state index in [0.717, 1.165) is 18.9 Å². The van der Waals surface area contributed by atoms with Gasteiger partial charge < -0.3 is 9.64 Å². The first-order valence-electron chi connectivity index (χ1n) is 8.67. The van der Waals surface area contributed by atoms with Gasteiger partial charge in [-0.2, -0.15) is 5.10 Å². The molecule has 1 unspecified atom stereocenters. The molecule has 0 aromatic carbocycles. The number of fused-ring (bicyclic) bond motifs is 1. The zero-order chi connectivity index (χ0) is 18.7. The van der Waals surface area contributed by atoms with Crippen LogP contribution in [0.25, 0.3) is 17.4 Å². The molecule has 2 aromatic rings. The smallest absolute Gasteiger partial charge is 0.337 e. The number of anilines is 1. The lowest BCUT2D eigenvalue weighted by Gasteiger charge is -2.22. The standard InChI is InChI=1S/C17H23N7O2/c1-5-23(6-2)14-13-15(19-10-18-14)24(11-20-13)9-12-8-21-22-17(12,4)16(25)26-7-3/h8-11,22H,5-7H2,1-4H3/b12-9+. The van der Waals surface area contributed by atoms with Gasteiger partial charge in [0.2, 0.25) is 0 Å². The maximum Gasteiger partial charge on any atom is 0.337 e. The quantitative estimate of drug-likeness (QED) is 0.781. The predicted octanol–water partition coefficient (Wildman–Crippen LogP) is 1.42. The Morgan fingerprint density at radius 3 is 2.77 bits per heavy atom. The highest BCUT2D eigenvalue weighted by atomic mass is 16.5. The molecule has 0 saturated heterocycles. The van der Waals surface area contributed by atoms with Crippen molar-refractivity contribution in [1.82, 2.24) is 24.9 Å². The third-order valence-electron chi connectivity index (χ3n) is 4.43. The van der Waals surface area contributed by atoms with E-state index in [9.17, 15) is 4.79 Å². The van der Waals surface area contributed by atoms with Gasteiger partial charge >= 0.3 is 5.97 Å². The number of rotatable bonds is 6. The van der Waals surface area contributed by atoms with Crippen LogP contribution < -0.4 is 10.3 Å². The molecule has 0 fully saturated rings. The molecule has 9 heteroatoms. The molecule has 1 atom stereocenters. The lowest BCUT2D eigenvalue weighted by atomic mass is 9.95. The van der Waals surface area contributed by atoms with E-state index in [1.54, 1.807) is 37.2 Å². The first kappa shape index (κ1) is 17.8. The van der Waals surface area contributed by atoms with Gasteiger partial charge in [0.05, 0.1) is 12.8 Å².